The Hall–Kier alpha value is -2.05. The number of hydrogen-bond donors (Lipinski definition) is 1. The Morgan fingerprint density at radius 3 is 2.81 bits per heavy atom. The van der Waals surface area contributed by atoms with Gasteiger partial charge in [0, 0.05) is 6.20 Å². The van der Waals surface area contributed by atoms with Crippen molar-refractivity contribution in [3.63, 3.8) is 0 Å². The van der Waals surface area contributed by atoms with Crippen molar-refractivity contribution in [2.24, 2.45) is 0 Å². The van der Waals surface area contributed by atoms with E-state index in [9.17, 15) is 0 Å². The van der Waals surface area contributed by atoms with Gasteiger partial charge in [0.05, 0.1) is 28.5 Å². The van der Waals surface area contributed by atoms with Gasteiger partial charge in [-0.05, 0) is 42.7 Å². The summed E-state index contributed by atoms with van der Waals surface area (Å²) in [6.07, 6.45) is 4.72. The highest BCUT2D eigenvalue weighted by Gasteiger charge is 2.20. The second kappa shape index (κ2) is 6.60. The first-order valence-electron chi connectivity index (χ1n) is 7.00. The molecule has 0 amide bonds. The highest BCUT2D eigenvalue weighted by Crippen LogP contribution is 2.25. The Balaban J connectivity index is 1.99. The number of rotatable bonds is 6. The predicted molar refractivity (Wildman–Crippen MR) is 83.6 cm³/mol. The summed E-state index contributed by atoms with van der Waals surface area (Å²) >= 11 is 1.42. The van der Waals surface area contributed by atoms with Gasteiger partial charge < -0.3 is 5.32 Å². The first-order valence-corrected chi connectivity index (χ1v) is 7.77. The lowest BCUT2D eigenvalue weighted by Gasteiger charge is -2.18. The monoisotopic (exact) mass is 299 g/mol. The molecule has 0 radical (unpaired) electrons. The Bertz CT molecular complexity index is 662. The molecular weight excluding hydrogens is 282 g/mol. The molecule has 1 unspecified atom stereocenters. The maximum Gasteiger partial charge on any atom is 0.0878 e. The standard InChI is InChI=1S/C15H17N5S/c1-2-9-16-15(14-11-17-19-21-14)13-8-10-18-20(13)12-6-4-3-5-7-12/h3-8,10-11,15-16H,2,9H2,1H3. The van der Waals surface area contributed by atoms with Crippen LogP contribution in [0.5, 0.6) is 0 Å². The second-order valence-electron chi connectivity index (χ2n) is 4.71. The second-order valence-corrected chi connectivity index (χ2v) is 5.53. The van der Waals surface area contributed by atoms with Crippen LogP contribution in [0.25, 0.3) is 5.69 Å². The van der Waals surface area contributed by atoms with E-state index in [0.29, 0.717) is 0 Å². The van der Waals surface area contributed by atoms with Gasteiger partial charge in [-0.2, -0.15) is 5.10 Å². The number of nitrogens with one attached hydrogen (secondary N) is 1. The molecule has 0 fully saturated rings. The van der Waals surface area contributed by atoms with Gasteiger partial charge in [0.15, 0.2) is 0 Å². The first-order chi connectivity index (χ1) is 10.4. The van der Waals surface area contributed by atoms with Crippen LogP contribution in [0.4, 0.5) is 0 Å². The average molecular weight is 299 g/mol. The van der Waals surface area contributed by atoms with Crippen LogP contribution in [0.2, 0.25) is 0 Å². The molecular formula is C15H17N5S. The lowest BCUT2D eigenvalue weighted by molar-refractivity contribution is 0.576. The fourth-order valence-corrected chi connectivity index (χ4v) is 2.85. The number of aromatic nitrogens is 4. The normalized spacial score (nSPS) is 12.4. The molecule has 2 aromatic heterocycles. The highest BCUT2D eigenvalue weighted by molar-refractivity contribution is 7.05. The van der Waals surface area contributed by atoms with Crippen LogP contribution >= 0.6 is 11.5 Å². The van der Waals surface area contributed by atoms with E-state index in [0.717, 1.165) is 29.2 Å². The summed E-state index contributed by atoms with van der Waals surface area (Å²) in [6.45, 7) is 3.09. The van der Waals surface area contributed by atoms with Crippen LogP contribution in [0.1, 0.15) is 30.0 Å². The lowest BCUT2D eigenvalue weighted by atomic mass is 10.1. The fourth-order valence-electron chi connectivity index (χ4n) is 2.26. The molecule has 0 aliphatic heterocycles. The molecule has 3 rings (SSSR count). The molecule has 0 bridgehead atoms. The van der Waals surface area contributed by atoms with Crippen LogP contribution < -0.4 is 5.32 Å². The molecule has 0 aliphatic rings. The Morgan fingerprint density at radius 2 is 2.10 bits per heavy atom. The number of para-hydroxylation sites is 1. The third-order valence-electron chi connectivity index (χ3n) is 3.23. The summed E-state index contributed by atoms with van der Waals surface area (Å²) in [5, 5.41) is 12.0. The zero-order valence-corrected chi connectivity index (χ0v) is 12.6. The van der Waals surface area contributed by atoms with Crippen molar-refractivity contribution < 1.29 is 0 Å². The van der Waals surface area contributed by atoms with E-state index in [-0.39, 0.29) is 6.04 Å². The minimum Gasteiger partial charge on any atom is -0.304 e. The topological polar surface area (TPSA) is 55.6 Å². The van der Waals surface area contributed by atoms with Crippen molar-refractivity contribution in [3.05, 3.63) is 59.4 Å². The van der Waals surface area contributed by atoms with Crippen LogP contribution in [0.15, 0.2) is 48.8 Å². The summed E-state index contributed by atoms with van der Waals surface area (Å²) in [6, 6.07) is 12.3. The third kappa shape index (κ3) is 3.01. The Labute approximate surface area is 127 Å². The summed E-state index contributed by atoms with van der Waals surface area (Å²) in [4.78, 5) is 1.10. The summed E-state index contributed by atoms with van der Waals surface area (Å²) < 4.78 is 5.95. The maximum absolute atomic E-state index is 4.47. The smallest absolute Gasteiger partial charge is 0.0878 e. The zero-order valence-electron chi connectivity index (χ0n) is 11.8. The van der Waals surface area contributed by atoms with E-state index in [1.807, 2.05) is 41.3 Å². The molecule has 0 saturated carbocycles. The Kier molecular flexibility index (Phi) is 4.37. The largest absolute Gasteiger partial charge is 0.304 e. The lowest BCUT2D eigenvalue weighted by Crippen LogP contribution is -2.24. The Morgan fingerprint density at radius 1 is 1.24 bits per heavy atom. The molecule has 1 N–H and O–H groups in total. The minimum atomic E-state index is 0.0626. The number of hydrogen-bond acceptors (Lipinski definition) is 5. The SMILES string of the molecule is CCCNC(c1cnns1)c1ccnn1-c1ccccc1. The van der Waals surface area contributed by atoms with Crippen LogP contribution in [-0.2, 0) is 0 Å². The summed E-state index contributed by atoms with van der Waals surface area (Å²) in [5.41, 5.74) is 2.15. The van der Waals surface area contributed by atoms with E-state index >= 15 is 0 Å². The van der Waals surface area contributed by atoms with Crippen molar-refractivity contribution in [2.45, 2.75) is 19.4 Å². The van der Waals surface area contributed by atoms with E-state index < -0.39 is 0 Å². The van der Waals surface area contributed by atoms with Crippen molar-refractivity contribution >= 4 is 11.5 Å². The molecule has 3 aromatic rings. The number of nitrogens with zero attached hydrogens (tertiary/aromatic N) is 4. The molecule has 21 heavy (non-hydrogen) atoms. The third-order valence-corrected chi connectivity index (χ3v) is 3.96. The molecule has 0 saturated heterocycles. The van der Waals surface area contributed by atoms with Crippen LogP contribution in [0.3, 0.4) is 0 Å². The molecule has 5 nitrogen and oxygen atoms in total. The van der Waals surface area contributed by atoms with Gasteiger partial charge in [0.25, 0.3) is 0 Å². The quantitative estimate of drug-likeness (QED) is 0.760. The van der Waals surface area contributed by atoms with Gasteiger partial charge in [0.1, 0.15) is 0 Å². The highest BCUT2D eigenvalue weighted by atomic mass is 32.1. The van der Waals surface area contributed by atoms with E-state index in [1.165, 1.54) is 11.5 Å². The van der Waals surface area contributed by atoms with Gasteiger partial charge in [-0.3, -0.25) is 0 Å². The predicted octanol–water partition coefficient (Wildman–Crippen LogP) is 2.81. The average Bonchev–Trinajstić information content (AvgIpc) is 3.20. The van der Waals surface area contributed by atoms with Gasteiger partial charge in [-0.25, -0.2) is 4.68 Å². The first kappa shape index (κ1) is 13.9. The molecule has 2 heterocycles. The molecule has 0 spiro atoms. The molecule has 6 heteroatoms. The van der Waals surface area contributed by atoms with E-state index in [2.05, 4.69) is 39.1 Å². The number of benzene rings is 1. The molecule has 108 valence electrons. The zero-order chi connectivity index (χ0) is 14.5. The van der Waals surface area contributed by atoms with Gasteiger partial charge in [-0.15, -0.1) is 5.10 Å². The van der Waals surface area contributed by atoms with Crippen molar-refractivity contribution in [3.8, 4) is 5.69 Å². The molecule has 1 aromatic carbocycles. The molecule has 1 atom stereocenters. The van der Waals surface area contributed by atoms with Gasteiger partial charge >= 0.3 is 0 Å². The molecule has 0 aliphatic carbocycles. The van der Waals surface area contributed by atoms with E-state index in [1.54, 1.807) is 0 Å². The van der Waals surface area contributed by atoms with Gasteiger partial charge in [-0.1, -0.05) is 29.6 Å². The van der Waals surface area contributed by atoms with Gasteiger partial charge in [0.2, 0.25) is 0 Å². The van der Waals surface area contributed by atoms with Crippen molar-refractivity contribution in [1.29, 1.82) is 0 Å². The van der Waals surface area contributed by atoms with Crippen molar-refractivity contribution in [2.75, 3.05) is 6.54 Å². The van der Waals surface area contributed by atoms with Crippen LogP contribution in [0, 0.1) is 0 Å². The minimum absolute atomic E-state index is 0.0626. The van der Waals surface area contributed by atoms with E-state index in [4.69, 9.17) is 0 Å². The van der Waals surface area contributed by atoms with Crippen molar-refractivity contribution in [1.82, 2.24) is 24.7 Å². The maximum atomic E-state index is 4.47. The summed E-state index contributed by atoms with van der Waals surface area (Å²) in [7, 11) is 0. The summed E-state index contributed by atoms with van der Waals surface area (Å²) in [5.74, 6) is 0. The fraction of sp³-hybridized carbons (Fsp3) is 0.267. The van der Waals surface area contributed by atoms with Crippen LogP contribution in [-0.4, -0.2) is 25.9 Å².